The van der Waals surface area contributed by atoms with Crippen LogP contribution in [0.25, 0.3) is 11.1 Å². The van der Waals surface area contributed by atoms with E-state index >= 15 is 8.78 Å². The Balaban J connectivity index is 1.40. The molecule has 1 nitrogen and oxygen atoms in total. The monoisotopic (exact) mass is 490 g/mol. The molecule has 2 saturated carbocycles. The van der Waals surface area contributed by atoms with Crippen LogP contribution >= 0.6 is 0 Å². The van der Waals surface area contributed by atoms with Crippen LogP contribution in [0, 0.1) is 41.0 Å². The van der Waals surface area contributed by atoms with Crippen LogP contribution in [0.3, 0.4) is 0 Å². The minimum atomic E-state index is -0.986. The van der Waals surface area contributed by atoms with Gasteiger partial charge in [0.25, 0.3) is 0 Å². The van der Waals surface area contributed by atoms with Crippen molar-refractivity contribution in [3.8, 4) is 16.9 Å². The number of ether oxygens (including phenoxy) is 1. The Morgan fingerprint density at radius 1 is 0.743 bits per heavy atom. The number of methoxy groups -OCH3 is 1. The van der Waals surface area contributed by atoms with Gasteiger partial charge in [0.05, 0.1) is 12.7 Å². The Morgan fingerprint density at radius 3 is 2.03 bits per heavy atom. The molecule has 0 radical (unpaired) electrons. The normalized spacial score (nSPS) is 24.3. The highest BCUT2D eigenvalue weighted by Crippen LogP contribution is 2.49. The third-order valence-electron chi connectivity index (χ3n) is 8.46. The number of benzene rings is 2. The summed E-state index contributed by atoms with van der Waals surface area (Å²) in [5.41, 5.74) is 0.0936. The van der Waals surface area contributed by atoms with Crippen molar-refractivity contribution >= 4 is 0 Å². The molecule has 4 atom stereocenters. The third-order valence-corrected chi connectivity index (χ3v) is 8.46. The molecular weight excluding hydrogens is 452 g/mol. The van der Waals surface area contributed by atoms with Gasteiger partial charge in [-0.2, -0.15) is 0 Å². The first kappa shape index (κ1) is 26.0. The van der Waals surface area contributed by atoms with E-state index in [0.29, 0.717) is 11.5 Å². The number of hydrogen-bond acceptors (Lipinski definition) is 1. The highest BCUT2D eigenvalue weighted by Gasteiger charge is 2.36. The molecule has 35 heavy (non-hydrogen) atoms. The number of unbranched alkanes of at least 4 members (excludes halogenated alkanes) is 4. The van der Waals surface area contributed by atoms with E-state index in [2.05, 4.69) is 11.7 Å². The van der Waals surface area contributed by atoms with Crippen LogP contribution in [-0.4, -0.2) is 7.11 Å². The molecule has 0 aliphatic heterocycles. The van der Waals surface area contributed by atoms with E-state index in [1.165, 1.54) is 69.9 Å². The quantitative estimate of drug-likeness (QED) is 0.251. The van der Waals surface area contributed by atoms with Crippen LogP contribution in [0.1, 0.15) is 95.5 Å². The van der Waals surface area contributed by atoms with Gasteiger partial charge in [-0.25, -0.2) is 17.6 Å². The van der Waals surface area contributed by atoms with Gasteiger partial charge in [-0.15, -0.1) is 0 Å². The lowest BCUT2D eigenvalue weighted by Gasteiger charge is -2.42. The second-order valence-corrected chi connectivity index (χ2v) is 10.7. The van der Waals surface area contributed by atoms with Gasteiger partial charge >= 0.3 is 0 Å². The Kier molecular flexibility index (Phi) is 8.77. The molecule has 2 aromatic rings. The Hall–Kier alpha value is -2.04. The molecule has 5 heteroatoms. The fourth-order valence-corrected chi connectivity index (χ4v) is 6.59. The molecule has 0 N–H and O–H groups in total. The molecule has 0 amide bonds. The minimum Gasteiger partial charge on any atom is -0.491 e. The largest absolute Gasteiger partial charge is 0.491 e. The summed E-state index contributed by atoms with van der Waals surface area (Å²) in [4.78, 5) is 0. The zero-order valence-electron chi connectivity index (χ0n) is 21.0. The summed E-state index contributed by atoms with van der Waals surface area (Å²) < 4.78 is 63.0. The lowest BCUT2D eigenvalue weighted by Crippen LogP contribution is -2.30. The summed E-state index contributed by atoms with van der Waals surface area (Å²) in [5, 5.41) is 0. The van der Waals surface area contributed by atoms with Gasteiger partial charge in [-0.3, -0.25) is 0 Å². The third kappa shape index (κ3) is 6.03. The maximum atomic E-state index is 15.1. The van der Waals surface area contributed by atoms with Crippen molar-refractivity contribution < 1.29 is 22.3 Å². The topological polar surface area (TPSA) is 9.23 Å². The lowest BCUT2D eigenvalue weighted by molar-refractivity contribution is 0.113. The van der Waals surface area contributed by atoms with Crippen molar-refractivity contribution in [1.82, 2.24) is 0 Å². The van der Waals surface area contributed by atoms with Crippen molar-refractivity contribution in [2.24, 2.45) is 17.8 Å². The summed E-state index contributed by atoms with van der Waals surface area (Å²) in [6, 6.07) is 4.56. The van der Waals surface area contributed by atoms with E-state index < -0.39 is 34.6 Å². The van der Waals surface area contributed by atoms with E-state index in [1.54, 1.807) is 0 Å². The summed E-state index contributed by atoms with van der Waals surface area (Å²) in [6.45, 7) is 2.25. The van der Waals surface area contributed by atoms with Gasteiger partial charge in [0, 0.05) is 0 Å². The summed E-state index contributed by atoms with van der Waals surface area (Å²) in [5.74, 6) is -1.76. The number of fused-ring (bicyclic) bond motifs is 1. The fourth-order valence-electron chi connectivity index (χ4n) is 6.59. The van der Waals surface area contributed by atoms with Gasteiger partial charge in [0.1, 0.15) is 11.6 Å². The predicted molar refractivity (Wildman–Crippen MR) is 133 cm³/mol. The van der Waals surface area contributed by atoms with Gasteiger partial charge in [0.2, 0.25) is 0 Å². The zero-order valence-corrected chi connectivity index (χ0v) is 21.0. The first-order valence-corrected chi connectivity index (χ1v) is 13.4. The van der Waals surface area contributed by atoms with Crippen LogP contribution in [0.2, 0.25) is 0 Å². The SMILES string of the molecule is CCCCCCCC1CC[C@@H]2C[C@H](c3cc(F)c(-c4cc(F)c(OC)c(F)c4)c(F)c3)CC[C@@H]2C1. The first-order valence-electron chi connectivity index (χ1n) is 13.4. The maximum absolute atomic E-state index is 15.1. The van der Waals surface area contributed by atoms with Crippen LogP contribution in [0.15, 0.2) is 24.3 Å². The van der Waals surface area contributed by atoms with Gasteiger partial charge in [0.15, 0.2) is 17.4 Å². The Bertz CT molecular complexity index is 958. The molecule has 0 heterocycles. The second-order valence-electron chi connectivity index (χ2n) is 10.7. The van der Waals surface area contributed by atoms with Gasteiger partial charge in [-0.1, -0.05) is 51.9 Å². The Morgan fingerprint density at radius 2 is 1.37 bits per heavy atom. The molecule has 0 saturated heterocycles. The van der Waals surface area contributed by atoms with E-state index in [9.17, 15) is 8.78 Å². The highest BCUT2D eigenvalue weighted by molar-refractivity contribution is 5.66. The van der Waals surface area contributed by atoms with Gasteiger partial charge in [-0.05, 0) is 91.2 Å². The van der Waals surface area contributed by atoms with Crippen molar-refractivity contribution in [2.75, 3.05) is 7.11 Å². The average molecular weight is 491 g/mol. The number of halogens is 4. The smallest absolute Gasteiger partial charge is 0.190 e. The second kappa shape index (κ2) is 11.8. The molecule has 0 aromatic heterocycles. The average Bonchev–Trinajstić information content (AvgIpc) is 2.83. The summed E-state index contributed by atoms with van der Waals surface area (Å²) in [6.07, 6.45) is 14.8. The highest BCUT2D eigenvalue weighted by atomic mass is 19.1. The zero-order chi connectivity index (χ0) is 24.9. The minimum absolute atomic E-state index is 0.129. The fraction of sp³-hybridized carbons (Fsp3) is 0.600. The van der Waals surface area contributed by atoms with E-state index in [-0.39, 0.29) is 11.5 Å². The predicted octanol–water partition coefficient (Wildman–Crippen LogP) is 9.58. The Labute approximate surface area is 207 Å². The van der Waals surface area contributed by atoms with E-state index in [0.717, 1.165) is 50.3 Å². The number of rotatable bonds is 9. The summed E-state index contributed by atoms with van der Waals surface area (Å²) >= 11 is 0. The molecule has 2 fully saturated rings. The van der Waals surface area contributed by atoms with Crippen LogP contribution in [0.4, 0.5) is 17.6 Å². The summed E-state index contributed by atoms with van der Waals surface area (Å²) in [7, 11) is 1.15. The molecule has 1 unspecified atom stereocenters. The first-order chi connectivity index (χ1) is 16.9. The molecule has 4 rings (SSSR count). The molecule has 2 aliphatic carbocycles. The molecule has 192 valence electrons. The molecular formula is C30H38F4O. The van der Waals surface area contributed by atoms with Crippen LogP contribution in [0.5, 0.6) is 5.75 Å². The van der Waals surface area contributed by atoms with Crippen molar-refractivity contribution in [1.29, 1.82) is 0 Å². The van der Waals surface area contributed by atoms with Crippen molar-refractivity contribution in [3.63, 3.8) is 0 Å². The molecule has 0 spiro atoms. The van der Waals surface area contributed by atoms with E-state index in [1.807, 2.05) is 0 Å². The van der Waals surface area contributed by atoms with E-state index in [4.69, 9.17) is 0 Å². The molecule has 2 aromatic carbocycles. The van der Waals surface area contributed by atoms with Gasteiger partial charge < -0.3 is 4.74 Å². The molecule has 0 bridgehead atoms. The maximum Gasteiger partial charge on any atom is 0.190 e. The van der Waals surface area contributed by atoms with Crippen LogP contribution in [-0.2, 0) is 0 Å². The van der Waals surface area contributed by atoms with Crippen LogP contribution < -0.4 is 4.74 Å². The van der Waals surface area contributed by atoms with Crippen molar-refractivity contribution in [3.05, 3.63) is 53.1 Å². The molecule has 2 aliphatic rings. The lowest BCUT2D eigenvalue weighted by atomic mass is 9.63. The number of hydrogen-bond donors (Lipinski definition) is 0. The standard InChI is InChI=1S/C30H38F4O/c1-3-4-5-6-7-8-19-9-10-21-14-22(12-11-20(21)13-19)23-15-25(31)29(26(32)16-23)24-17-27(33)30(35-2)28(34)18-24/h15-22H,3-14H2,1-2H3/t19?,20-,21-,22-/m1/s1. The van der Waals surface area contributed by atoms with Crippen molar-refractivity contribution in [2.45, 2.75) is 89.9 Å².